The Labute approximate surface area is 108 Å². The Kier molecular flexibility index (Phi) is 2.45. The second-order valence-corrected chi connectivity index (χ2v) is 4.06. The fraction of sp³-hybridized carbons (Fsp3) is 0. The molecular formula is C14H10N2O3. The summed E-state index contributed by atoms with van der Waals surface area (Å²) in [5.74, 6) is -0.577. The highest BCUT2D eigenvalue weighted by atomic mass is 16.3. The zero-order valence-corrected chi connectivity index (χ0v) is 9.83. The number of benzene rings is 2. The second-order valence-electron chi connectivity index (χ2n) is 4.06. The molecule has 1 heterocycles. The highest BCUT2D eigenvalue weighted by Gasteiger charge is 2.16. The van der Waals surface area contributed by atoms with Crippen LogP contribution in [0.2, 0.25) is 0 Å². The van der Waals surface area contributed by atoms with Crippen molar-refractivity contribution in [1.82, 2.24) is 4.98 Å². The number of hydrogen-bond donors (Lipinski definition) is 2. The van der Waals surface area contributed by atoms with Crippen LogP contribution < -0.4 is 5.73 Å². The zero-order valence-electron chi connectivity index (χ0n) is 9.83. The number of fused-ring (bicyclic) bond motifs is 1. The fourth-order valence-corrected chi connectivity index (χ4v) is 1.88. The van der Waals surface area contributed by atoms with Crippen LogP contribution in [0.25, 0.3) is 22.6 Å². The quantitative estimate of drug-likeness (QED) is 0.734. The molecule has 0 saturated carbocycles. The highest BCUT2D eigenvalue weighted by molar-refractivity contribution is 6.01. The van der Waals surface area contributed by atoms with Crippen molar-refractivity contribution in [2.75, 3.05) is 0 Å². The number of carbonyl (C=O) groups is 1. The van der Waals surface area contributed by atoms with Gasteiger partial charge in [-0.15, -0.1) is 0 Å². The van der Waals surface area contributed by atoms with Crippen molar-refractivity contribution in [1.29, 1.82) is 0 Å². The van der Waals surface area contributed by atoms with Crippen LogP contribution in [-0.2, 0) is 0 Å². The summed E-state index contributed by atoms with van der Waals surface area (Å²) >= 11 is 0. The Balaban J connectivity index is 2.22. The third kappa shape index (κ3) is 1.81. The maximum atomic E-state index is 11.1. The van der Waals surface area contributed by atoms with E-state index in [0.29, 0.717) is 11.5 Å². The molecule has 94 valence electrons. The Morgan fingerprint density at radius 1 is 1.16 bits per heavy atom. The number of aromatic nitrogens is 1. The molecule has 2 aromatic carbocycles. The summed E-state index contributed by atoms with van der Waals surface area (Å²) in [6.45, 7) is 0. The Morgan fingerprint density at radius 3 is 2.58 bits per heavy atom. The van der Waals surface area contributed by atoms with Crippen molar-refractivity contribution in [3.8, 4) is 17.2 Å². The standard InChI is InChI=1S/C14H10N2O3/c15-13(18)9-6-7-10-11(12(9)17)16-14(19-10)8-4-2-1-3-5-8/h1-7,17H,(H2,15,18). The molecule has 5 nitrogen and oxygen atoms in total. The number of aromatic hydroxyl groups is 1. The first-order chi connectivity index (χ1) is 9.16. The van der Waals surface area contributed by atoms with E-state index in [4.69, 9.17) is 10.2 Å². The van der Waals surface area contributed by atoms with Crippen molar-refractivity contribution in [3.05, 3.63) is 48.0 Å². The second kappa shape index (κ2) is 4.13. The van der Waals surface area contributed by atoms with Gasteiger partial charge in [-0.3, -0.25) is 4.79 Å². The lowest BCUT2D eigenvalue weighted by Gasteiger charge is -1.98. The number of hydrogen-bond acceptors (Lipinski definition) is 4. The van der Waals surface area contributed by atoms with Crippen molar-refractivity contribution in [3.63, 3.8) is 0 Å². The number of phenols is 1. The molecule has 0 radical (unpaired) electrons. The van der Waals surface area contributed by atoms with Gasteiger partial charge in [0.2, 0.25) is 5.89 Å². The van der Waals surface area contributed by atoms with Gasteiger partial charge in [-0.1, -0.05) is 18.2 Å². The molecular weight excluding hydrogens is 244 g/mol. The van der Waals surface area contributed by atoms with Gasteiger partial charge in [0, 0.05) is 5.56 Å². The van der Waals surface area contributed by atoms with Gasteiger partial charge < -0.3 is 15.3 Å². The summed E-state index contributed by atoms with van der Waals surface area (Å²) in [4.78, 5) is 15.3. The van der Waals surface area contributed by atoms with Crippen LogP contribution in [0.4, 0.5) is 0 Å². The van der Waals surface area contributed by atoms with Crippen LogP contribution in [0.1, 0.15) is 10.4 Å². The van der Waals surface area contributed by atoms with Gasteiger partial charge in [0.25, 0.3) is 5.91 Å². The average molecular weight is 254 g/mol. The molecule has 1 aromatic heterocycles. The van der Waals surface area contributed by atoms with E-state index in [-0.39, 0.29) is 16.8 Å². The molecule has 3 N–H and O–H groups in total. The van der Waals surface area contributed by atoms with Crippen LogP contribution in [0.5, 0.6) is 5.75 Å². The SMILES string of the molecule is NC(=O)c1ccc2oc(-c3ccccc3)nc2c1O. The van der Waals surface area contributed by atoms with E-state index in [0.717, 1.165) is 5.56 Å². The van der Waals surface area contributed by atoms with Crippen molar-refractivity contribution >= 4 is 17.0 Å². The molecule has 0 atom stereocenters. The molecule has 0 saturated heterocycles. The Morgan fingerprint density at radius 2 is 1.89 bits per heavy atom. The van der Waals surface area contributed by atoms with E-state index >= 15 is 0 Å². The monoisotopic (exact) mass is 254 g/mol. The van der Waals surface area contributed by atoms with Gasteiger partial charge in [0.05, 0.1) is 5.56 Å². The van der Waals surface area contributed by atoms with Gasteiger partial charge in [-0.25, -0.2) is 4.98 Å². The van der Waals surface area contributed by atoms with Crippen molar-refractivity contribution < 1.29 is 14.3 Å². The van der Waals surface area contributed by atoms with E-state index in [2.05, 4.69) is 4.98 Å². The van der Waals surface area contributed by atoms with E-state index < -0.39 is 5.91 Å². The fourth-order valence-electron chi connectivity index (χ4n) is 1.88. The Hall–Kier alpha value is -2.82. The van der Waals surface area contributed by atoms with Gasteiger partial charge in [-0.05, 0) is 24.3 Å². The van der Waals surface area contributed by atoms with Gasteiger partial charge in [0.1, 0.15) is 0 Å². The van der Waals surface area contributed by atoms with Crippen molar-refractivity contribution in [2.24, 2.45) is 5.73 Å². The maximum absolute atomic E-state index is 11.1. The summed E-state index contributed by atoms with van der Waals surface area (Å²) in [7, 11) is 0. The lowest BCUT2D eigenvalue weighted by Crippen LogP contribution is -2.10. The first kappa shape index (κ1) is 11.3. The number of amides is 1. The van der Waals surface area contributed by atoms with Crippen LogP contribution in [0.3, 0.4) is 0 Å². The van der Waals surface area contributed by atoms with E-state index in [1.165, 1.54) is 6.07 Å². The largest absolute Gasteiger partial charge is 0.505 e. The van der Waals surface area contributed by atoms with Gasteiger partial charge in [0.15, 0.2) is 16.8 Å². The summed E-state index contributed by atoms with van der Waals surface area (Å²) in [5.41, 5.74) is 6.62. The minimum atomic E-state index is -0.705. The zero-order chi connectivity index (χ0) is 13.4. The van der Waals surface area contributed by atoms with Crippen LogP contribution in [0.15, 0.2) is 46.9 Å². The smallest absolute Gasteiger partial charge is 0.252 e. The predicted molar refractivity (Wildman–Crippen MR) is 69.6 cm³/mol. The summed E-state index contributed by atoms with van der Waals surface area (Å²) in [5, 5.41) is 9.96. The molecule has 0 aliphatic carbocycles. The molecule has 0 spiro atoms. The van der Waals surface area contributed by atoms with E-state index in [1.54, 1.807) is 6.07 Å². The number of nitrogens with two attached hydrogens (primary N) is 1. The van der Waals surface area contributed by atoms with Crippen LogP contribution in [-0.4, -0.2) is 16.0 Å². The molecule has 3 aromatic rings. The number of oxazole rings is 1. The summed E-state index contributed by atoms with van der Waals surface area (Å²) < 4.78 is 5.55. The first-order valence-electron chi connectivity index (χ1n) is 5.64. The average Bonchev–Trinajstić information content (AvgIpc) is 2.85. The predicted octanol–water partition coefficient (Wildman–Crippen LogP) is 2.30. The third-order valence-electron chi connectivity index (χ3n) is 2.82. The van der Waals surface area contributed by atoms with E-state index in [1.807, 2.05) is 30.3 Å². The lowest BCUT2D eigenvalue weighted by molar-refractivity contribution is 0.0998. The molecule has 19 heavy (non-hydrogen) atoms. The topological polar surface area (TPSA) is 89.4 Å². The first-order valence-corrected chi connectivity index (χ1v) is 5.64. The number of carbonyl (C=O) groups excluding carboxylic acids is 1. The molecule has 0 aliphatic rings. The van der Waals surface area contributed by atoms with Crippen molar-refractivity contribution in [2.45, 2.75) is 0 Å². The summed E-state index contributed by atoms with van der Waals surface area (Å²) in [6.07, 6.45) is 0. The summed E-state index contributed by atoms with van der Waals surface area (Å²) in [6, 6.07) is 12.3. The van der Waals surface area contributed by atoms with Gasteiger partial charge >= 0.3 is 0 Å². The highest BCUT2D eigenvalue weighted by Crippen LogP contribution is 2.31. The third-order valence-corrected chi connectivity index (χ3v) is 2.82. The molecule has 5 heteroatoms. The van der Waals surface area contributed by atoms with Crippen LogP contribution >= 0.6 is 0 Å². The van der Waals surface area contributed by atoms with Gasteiger partial charge in [-0.2, -0.15) is 0 Å². The molecule has 0 bridgehead atoms. The normalized spacial score (nSPS) is 10.7. The number of nitrogens with zero attached hydrogens (tertiary/aromatic N) is 1. The molecule has 0 aliphatic heterocycles. The number of primary amides is 1. The lowest BCUT2D eigenvalue weighted by atomic mass is 10.1. The number of rotatable bonds is 2. The Bertz CT molecular complexity index is 763. The molecule has 0 fully saturated rings. The molecule has 1 amide bonds. The maximum Gasteiger partial charge on any atom is 0.252 e. The minimum Gasteiger partial charge on any atom is -0.505 e. The minimum absolute atomic E-state index is 0.0282. The van der Waals surface area contributed by atoms with E-state index in [9.17, 15) is 9.90 Å². The molecule has 0 unspecified atom stereocenters. The molecule has 3 rings (SSSR count). The van der Waals surface area contributed by atoms with Crippen LogP contribution in [0, 0.1) is 0 Å².